The van der Waals surface area contributed by atoms with E-state index in [0.29, 0.717) is 13.1 Å². The first-order valence-electron chi connectivity index (χ1n) is 4.52. The third-order valence-electron chi connectivity index (χ3n) is 1.89. The Kier molecular flexibility index (Phi) is 4.06. The topological polar surface area (TPSA) is 77.0 Å². The molecule has 0 spiro atoms. The van der Waals surface area contributed by atoms with Crippen molar-refractivity contribution in [1.29, 1.82) is 0 Å². The minimum Gasteiger partial charge on any atom is -0.344 e. The Bertz CT molecular complexity index is 271. The number of carbonyl (C=O) groups is 1. The van der Waals surface area contributed by atoms with Crippen LogP contribution in [0.5, 0.6) is 0 Å². The molecule has 6 nitrogen and oxygen atoms in total. The van der Waals surface area contributed by atoms with Crippen LogP contribution in [0.3, 0.4) is 0 Å². The molecule has 78 valence electrons. The molecule has 0 saturated carbocycles. The van der Waals surface area contributed by atoms with Gasteiger partial charge in [-0.3, -0.25) is 4.79 Å². The standard InChI is InChI=1S/C8H15N5O/c1-12(5-2-3-9)8(14)7-13-6-4-10-11-13/h4,6H,2-3,5,7,9H2,1H3. The lowest BCUT2D eigenvalue weighted by Gasteiger charge is -2.16. The predicted octanol–water partition coefficient (Wildman–Crippen LogP) is -0.915. The molecule has 0 unspecified atom stereocenters. The summed E-state index contributed by atoms with van der Waals surface area (Å²) in [5.74, 6) is 0.0175. The van der Waals surface area contributed by atoms with E-state index in [1.54, 1.807) is 24.3 Å². The van der Waals surface area contributed by atoms with E-state index in [-0.39, 0.29) is 12.5 Å². The van der Waals surface area contributed by atoms with E-state index in [2.05, 4.69) is 10.3 Å². The number of likely N-dealkylation sites (N-methyl/N-ethyl adjacent to an activating group) is 1. The number of carbonyl (C=O) groups excluding carboxylic acids is 1. The van der Waals surface area contributed by atoms with Crippen LogP contribution in [0.25, 0.3) is 0 Å². The number of hydrogen-bond acceptors (Lipinski definition) is 4. The van der Waals surface area contributed by atoms with Gasteiger partial charge in [0.05, 0.1) is 6.20 Å². The maximum absolute atomic E-state index is 11.5. The molecule has 1 aromatic rings. The molecule has 1 aromatic heterocycles. The highest BCUT2D eigenvalue weighted by atomic mass is 16.2. The number of hydrogen-bond donors (Lipinski definition) is 1. The van der Waals surface area contributed by atoms with E-state index in [4.69, 9.17) is 5.73 Å². The van der Waals surface area contributed by atoms with Crippen molar-refractivity contribution in [3.63, 3.8) is 0 Å². The van der Waals surface area contributed by atoms with Gasteiger partial charge in [0.25, 0.3) is 0 Å². The fourth-order valence-corrected chi connectivity index (χ4v) is 1.03. The van der Waals surface area contributed by atoms with Crippen LogP contribution >= 0.6 is 0 Å². The van der Waals surface area contributed by atoms with Crippen LogP contribution < -0.4 is 5.73 Å². The van der Waals surface area contributed by atoms with Crippen molar-refractivity contribution < 1.29 is 4.79 Å². The fourth-order valence-electron chi connectivity index (χ4n) is 1.03. The summed E-state index contributed by atoms with van der Waals surface area (Å²) in [5.41, 5.74) is 5.35. The molecule has 2 N–H and O–H groups in total. The quantitative estimate of drug-likeness (QED) is 0.662. The number of amides is 1. The minimum atomic E-state index is 0.0175. The summed E-state index contributed by atoms with van der Waals surface area (Å²) >= 11 is 0. The summed E-state index contributed by atoms with van der Waals surface area (Å²) in [7, 11) is 1.76. The second kappa shape index (κ2) is 5.33. The molecule has 1 rings (SSSR count). The maximum Gasteiger partial charge on any atom is 0.244 e. The number of rotatable bonds is 5. The van der Waals surface area contributed by atoms with Crippen LogP contribution in [0, 0.1) is 0 Å². The smallest absolute Gasteiger partial charge is 0.244 e. The molecule has 0 bridgehead atoms. The van der Waals surface area contributed by atoms with Gasteiger partial charge in [0.15, 0.2) is 0 Å². The van der Waals surface area contributed by atoms with Crippen molar-refractivity contribution in [2.45, 2.75) is 13.0 Å². The molecule has 0 fully saturated rings. The van der Waals surface area contributed by atoms with Crippen LogP contribution in [-0.4, -0.2) is 45.9 Å². The average molecular weight is 197 g/mol. The highest BCUT2D eigenvalue weighted by Crippen LogP contribution is 1.91. The molecular formula is C8H15N5O. The second-order valence-electron chi connectivity index (χ2n) is 3.06. The van der Waals surface area contributed by atoms with E-state index in [0.717, 1.165) is 6.42 Å². The molecule has 1 heterocycles. The third kappa shape index (κ3) is 3.14. The summed E-state index contributed by atoms with van der Waals surface area (Å²) in [6.07, 6.45) is 4.03. The summed E-state index contributed by atoms with van der Waals surface area (Å²) in [4.78, 5) is 13.2. The lowest BCUT2D eigenvalue weighted by molar-refractivity contribution is -0.130. The molecule has 0 aliphatic carbocycles. The van der Waals surface area contributed by atoms with Gasteiger partial charge < -0.3 is 10.6 Å². The molecule has 14 heavy (non-hydrogen) atoms. The van der Waals surface area contributed by atoms with Crippen molar-refractivity contribution in [2.24, 2.45) is 5.73 Å². The normalized spacial score (nSPS) is 10.1. The first kappa shape index (κ1) is 10.6. The minimum absolute atomic E-state index is 0.0175. The van der Waals surface area contributed by atoms with Crippen LogP contribution in [0.1, 0.15) is 6.42 Å². The lowest BCUT2D eigenvalue weighted by Crippen LogP contribution is -2.32. The molecule has 1 amide bonds. The molecule has 0 radical (unpaired) electrons. The highest BCUT2D eigenvalue weighted by Gasteiger charge is 2.08. The molecule has 0 aliphatic heterocycles. The van der Waals surface area contributed by atoms with Gasteiger partial charge in [-0.15, -0.1) is 5.10 Å². The van der Waals surface area contributed by atoms with Gasteiger partial charge in [0.2, 0.25) is 5.91 Å². The molecular weight excluding hydrogens is 182 g/mol. The summed E-state index contributed by atoms with van der Waals surface area (Å²) < 4.78 is 1.50. The van der Waals surface area contributed by atoms with Crippen LogP contribution in [-0.2, 0) is 11.3 Å². The zero-order valence-electron chi connectivity index (χ0n) is 8.26. The van der Waals surface area contributed by atoms with Gasteiger partial charge in [-0.05, 0) is 13.0 Å². The highest BCUT2D eigenvalue weighted by molar-refractivity contribution is 5.75. The maximum atomic E-state index is 11.5. The SMILES string of the molecule is CN(CCCN)C(=O)Cn1ccnn1. The Morgan fingerprint density at radius 3 is 3.00 bits per heavy atom. The van der Waals surface area contributed by atoms with E-state index in [9.17, 15) is 4.79 Å². The van der Waals surface area contributed by atoms with E-state index >= 15 is 0 Å². The Morgan fingerprint density at radius 2 is 2.43 bits per heavy atom. The Balaban J connectivity index is 2.34. The first-order chi connectivity index (χ1) is 6.74. The number of aromatic nitrogens is 3. The van der Waals surface area contributed by atoms with E-state index in [1.165, 1.54) is 4.68 Å². The Morgan fingerprint density at radius 1 is 1.64 bits per heavy atom. The van der Waals surface area contributed by atoms with Crippen molar-refractivity contribution in [1.82, 2.24) is 19.9 Å². The molecule has 0 aromatic carbocycles. The van der Waals surface area contributed by atoms with Crippen molar-refractivity contribution >= 4 is 5.91 Å². The van der Waals surface area contributed by atoms with Crippen LogP contribution in [0.2, 0.25) is 0 Å². The fraction of sp³-hybridized carbons (Fsp3) is 0.625. The van der Waals surface area contributed by atoms with E-state index < -0.39 is 0 Å². The third-order valence-corrected chi connectivity index (χ3v) is 1.89. The predicted molar refractivity (Wildman–Crippen MR) is 51.3 cm³/mol. The largest absolute Gasteiger partial charge is 0.344 e. The zero-order valence-corrected chi connectivity index (χ0v) is 8.26. The number of nitrogens with zero attached hydrogens (tertiary/aromatic N) is 4. The van der Waals surface area contributed by atoms with E-state index in [1.807, 2.05) is 0 Å². The van der Waals surface area contributed by atoms with Gasteiger partial charge >= 0.3 is 0 Å². The van der Waals surface area contributed by atoms with Gasteiger partial charge in [-0.25, -0.2) is 4.68 Å². The van der Waals surface area contributed by atoms with Crippen LogP contribution in [0.15, 0.2) is 12.4 Å². The van der Waals surface area contributed by atoms with Gasteiger partial charge in [0, 0.05) is 19.8 Å². The number of nitrogens with two attached hydrogens (primary N) is 1. The molecule has 0 aliphatic rings. The average Bonchev–Trinajstić information content (AvgIpc) is 2.66. The molecule has 6 heteroatoms. The van der Waals surface area contributed by atoms with Gasteiger partial charge in [0.1, 0.15) is 6.54 Å². The lowest BCUT2D eigenvalue weighted by atomic mass is 10.4. The van der Waals surface area contributed by atoms with Crippen molar-refractivity contribution in [3.05, 3.63) is 12.4 Å². The van der Waals surface area contributed by atoms with Gasteiger partial charge in [-0.2, -0.15) is 0 Å². The molecule has 0 atom stereocenters. The summed E-state index contributed by atoms with van der Waals surface area (Å²) in [6.45, 7) is 1.52. The monoisotopic (exact) mass is 197 g/mol. The Hall–Kier alpha value is -1.43. The van der Waals surface area contributed by atoms with Crippen LogP contribution in [0.4, 0.5) is 0 Å². The zero-order chi connectivity index (χ0) is 10.4. The van der Waals surface area contributed by atoms with Crippen molar-refractivity contribution in [2.75, 3.05) is 20.1 Å². The summed E-state index contributed by atoms with van der Waals surface area (Å²) in [5, 5.41) is 7.33. The summed E-state index contributed by atoms with van der Waals surface area (Å²) in [6, 6.07) is 0. The van der Waals surface area contributed by atoms with Gasteiger partial charge in [-0.1, -0.05) is 5.21 Å². The second-order valence-corrected chi connectivity index (χ2v) is 3.06. The Labute approximate surface area is 82.7 Å². The molecule has 0 saturated heterocycles. The first-order valence-corrected chi connectivity index (χ1v) is 4.52. The van der Waals surface area contributed by atoms with Crippen molar-refractivity contribution in [3.8, 4) is 0 Å².